The highest BCUT2D eigenvalue weighted by Gasteiger charge is 2.27. The van der Waals surface area contributed by atoms with Crippen LogP contribution in [0.25, 0.3) is 0 Å². The van der Waals surface area contributed by atoms with Crippen molar-refractivity contribution >= 4 is 0 Å². The minimum Gasteiger partial charge on any atom is -0.330 e. The molecule has 2 aliphatic carbocycles. The normalized spacial score (nSPS) is 23.7. The molecule has 4 rings (SSSR count). The van der Waals surface area contributed by atoms with Crippen molar-refractivity contribution in [1.29, 1.82) is 0 Å². The van der Waals surface area contributed by atoms with E-state index in [1.807, 2.05) is 0 Å². The van der Waals surface area contributed by atoms with Gasteiger partial charge in [-0.05, 0) is 61.3 Å². The second-order valence-corrected chi connectivity index (χ2v) is 6.33. The van der Waals surface area contributed by atoms with Gasteiger partial charge in [0, 0.05) is 17.8 Å². The summed E-state index contributed by atoms with van der Waals surface area (Å²) < 4.78 is 0. The van der Waals surface area contributed by atoms with Crippen molar-refractivity contribution in [2.45, 2.75) is 38.0 Å². The zero-order chi connectivity index (χ0) is 14.2. The zero-order valence-corrected chi connectivity index (χ0v) is 12.3. The van der Waals surface area contributed by atoms with E-state index in [1.54, 1.807) is 0 Å². The number of hydrogen-bond donors (Lipinski definition) is 1. The molecule has 0 saturated carbocycles. The van der Waals surface area contributed by atoms with E-state index in [4.69, 9.17) is 10.7 Å². The summed E-state index contributed by atoms with van der Waals surface area (Å²) in [6.07, 6.45) is 7.62. The van der Waals surface area contributed by atoms with Gasteiger partial charge in [0.2, 0.25) is 0 Å². The molecule has 21 heavy (non-hydrogen) atoms. The number of rotatable bonds is 2. The Kier molecular flexibility index (Phi) is 3.23. The molecule has 2 unspecified atom stereocenters. The maximum atomic E-state index is 5.80. The van der Waals surface area contributed by atoms with E-state index in [2.05, 4.69) is 35.4 Å². The van der Waals surface area contributed by atoms with Gasteiger partial charge >= 0.3 is 0 Å². The Hall–Kier alpha value is -1.74. The summed E-state index contributed by atoms with van der Waals surface area (Å²) in [5, 5.41) is 0. The van der Waals surface area contributed by atoms with E-state index < -0.39 is 0 Å². The van der Waals surface area contributed by atoms with Gasteiger partial charge in [0.05, 0.1) is 0 Å². The van der Waals surface area contributed by atoms with Crippen molar-refractivity contribution in [3.05, 3.63) is 58.7 Å². The number of aromatic nitrogens is 2. The molecule has 108 valence electrons. The summed E-state index contributed by atoms with van der Waals surface area (Å²) in [6.45, 7) is 0.775. The average Bonchev–Trinajstić information content (AvgIpc) is 2.98. The molecule has 0 amide bonds. The van der Waals surface area contributed by atoms with Crippen LogP contribution in [-0.4, -0.2) is 16.5 Å². The van der Waals surface area contributed by atoms with Gasteiger partial charge in [-0.15, -0.1) is 0 Å². The summed E-state index contributed by atoms with van der Waals surface area (Å²) in [6, 6.07) is 8.73. The van der Waals surface area contributed by atoms with Crippen molar-refractivity contribution in [3.63, 3.8) is 0 Å². The summed E-state index contributed by atoms with van der Waals surface area (Å²) in [4.78, 5) is 9.60. The van der Waals surface area contributed by atoms with Gasteiger partial charge in [-0.1, -0.05) is 24.3 Å². The molecule has 2 N–H and O–H groups in total. The minimum atomic E-state index is 0.388. The van der Waals surface area contributed by atoms with Crippen LogP contribution in [0.5, 0.6) is 0 Å². The summed E-state index contributed by atoms with van der Waals surface area (Å²) in [5.74, 6) is 2.02. The van der Waals surface area contributed by atoms with Gasteiger partial charge < -0.3 is 5.73 Å². The predicted octanol–water partition coefficient (Wildman–Crippen LogP) is 2.62. The molecule has 0 radical (unpaired) electrons. The second-order valence-electron chi connectivity index (χ2n) is 6.33. The van der Waals surface area contributed by atoms with Crippen LogP contribution < -0.4 is 5.73 Å². The van der Waals surface area contributed by atoms with Crippen molar-refractivity contribution in [1.82, 2.24) is 9.97 Å². The fraction of sp³-hybridized carbons (Fsp3) is 0.444. The molecule has 2 atom stereocenters. The number of aryl methyl sites for hydroxylation is 2. The lowest BCUT2D eigenvalue weighted by molar-refractivity contribution is 0.459. The highest BCUT2D eigenvalue weighted by Crippen LogP contribution is 2.37. The Bertz CT molecular complexity index is 665. The molecule has 1 aromatic carbocycles. The second kappa shape index (κ2) is 5.23. The third-order valence-electron chi connectivity index (χ3n) is 5.05. The van der Waals surface area contributed by atoms with E-state index in [-0.39, 0.29) is 0 Å². The van der Waals surface area contributed by atoms with Crippen molar-refractivity contribution in [3.8, 4) is 0 Å². The Balaban J connectivity index is 1.66. The molecule has 2 aliphatic rings. The first kappa shape index (κ1) is 13.0. The fourth-order valence-electron chi connectivity index (χ4n) is 3.79. The number of fused-ring (bicyclic) bond motifs is 2. The van der Waals surface area contributed by atoms with Gasteiger partial charge in [0.15, 0.2) is 0 Å². The minimum absolute atomic E-state index is 0.388. The van der Waals surface area contributed by atoms with Crippen molar-refractivity contribution in [2.75, 3.05) is 6.54 Å². The molecule has 3 heteroatoms. The standard InChI is InChI=1S/C18H21N3/c19-10-12-5-8-17-14(9-12)11-20-18(21-17)16-7-6-13-3-1-2-4-15(13)16/h1-4,11-12,16H,5-10,19H2. The zero-order valence-electron chi connectivity index (χ0n) is 12.3. The highest BCUT2D eigenvalue weighted by atomic mass is 14.9. The molecule has 2 aromatic rings. The van der Waals surface area contributed by atoms with E-state index >= 15 is 0 Å². The maximum absolute atomic E-state index is 5.80. The van der Waals surface area contributed by atoms with Crippen LogP contribution in [0.15, 0.2) is 30.5 Å². The third-order valence-corrected chi connectivity index (χ3v) is 5.05. The van der Waals surface area contributed by atoms with Gasteiger partial charge in [0.1, 0.15) is 5.82 Å². The molecule has 1 heterocycles. The van der Waals surface area contributed by atoms with E-state index in [9.17, 15) is 0 Å². The van der Waals surface area contributed by atoms with E-state index in [0.29, 0.717) is 11.8 Å². The van der Waals surface area contributed by atoms with Crippen LogP contribution in [0.1, 0.15) is 47.0 Å². The molecule has 0 spiro atoms. The molecule has 0 saturated heterocycles. The lowest BCUT2D eigenvalue weighted by Gasteiger charge is -2.23. The van der Waals surface area contributed by atoms with Gasteiger partial charge in [-0.2, -0.15) is 0 Å². The third kappa shape index (κ3) is 2.26. The first-order chi connectivity index (χ1) is 10.3. The number of nitrogens with zero attached hydrogens (tertiary/aromatic N) is 2. The first-order valence-electron chi connectivity index (χ1n) is 7.97. The SMILES string of the molecule is NCC1CCc2nc(C3CCc4ccccc43)ncc2C1. The van der Waals surface area contributed by atoms with E-state index in [0.717, 1.165) is 38.1 Å². The van der Waals surface area contributed by atoms with Gasteiger partial charge in [-0.25, -0.2) is 9.97 Å². The molecule has 0 aliphatic heterocycles. The number of hydrogen-bond acceptors (Lipinski definition) is 3. The van der Waals surface area contributed by atoms with Crippen molar-refractivity contribution in [2.24, 2.45) is 11.7 Å². The Morgan fingerprint density at radius 2 is 2.00 bits per heavy atom. The molecule has 1 aromatic heterocycles. The Morgan fingerprint density at radius 1 is 1.10 bits per heavy atom. The van der Waals surface area contributed by atoms with Crippen molar-refractivity contribution < 1.29 is 0 Å². The summed E-state index contributed by atoms with van der Waals surface area (Å²) >= 11 is 0. The van der Waals surface area contributed by atoms with Gasteiger partial charge in [-0.3, -0.25) is 0 Å². The lowest BCUT2D eigenvalue weighted by atomic mass is 9.87. The lowest BCUT2D eigenvalue weighted by Crippen LogP contribution is -2.23. The smallest absolute Gasteiger partial charge is 0.136 e. The Morgan fingerprint density at radius 3 is 2.90 bits per heavy atom. The molecule has 0 fully saturated rings. The van der Waals surface area contributed by atoms with Crippen LogP contribution >= 0.6 is 0 Å². The number of nitrogens with two attached hydrogens (primary N) is 1. The highest BCUT2D eigenvalue weighted by molar-refractivity contribution is 5.39. The first-order valence-corrected chi connectivity index (χ1v) is 7.97. The van der Waals surface area contributed by atoms with Crippen LogP contribution in [0.3, 0.4) is 0 Å². The fourth-order valence-corrected chi connectivity index (χ4v) is 3.79. The summed E-state index contributed by atoms with van der Waals surface area (Å²) in [7, 11) is 0. The topological polar surface area (TPSA) is 51.8 Å². The number of benzene rings is 1. The molecular formula is C18H21N3. The molecular weight excluding hydrogens is 258 g/mol. The van der Waals surface area contributed by atoms with Crippen LogP contribution in [0, 0.1) is 5.92 Å². The van der Waals surface area contributed by atoms with Crippen LogP contribution in [-0.2, 0) is 19.3 Å². The predicted molar refractivity (Wildman–Crippen MR) is 83.2 cm³/mol. The maximum Gasteiger partial charge on any atom is 0.136 e. The average molecular weight is 279 g/mol. The van der Waals surface area contributed by atoms with Crippen LogP contribution in [0.4, 0.5) is 0 Å². The van der Waals surface area contributed by atoms with E-state index in [1.165, 1.54) is 28.8 Å². The summed E-state index contributed by atoms with van der Waals surface area (Å²) in [5.41, 5.74) is 11.3. The quantitative estimate of drug-likeness (QED) is 0.919. The monoisotopic (exact) mass is 279 g/mol. The molecule has 0 bridgehead atoms. The largest absolute Gasteiger partial charge is 0.330 e. The van der Waals surface area contributed by atoms with Gasteiger partial charge in [0.25, 0.3) is 0 Å². The Labute approximate surface area is 125 Å². The molecule has 3 nitrogen and oxygen atoms in total. The van der Waals surface area contributed by atoms with Crippen LogP contribution in [0.2, 0.25) is 0 Å².